The second kappa shape index (κ2) is 6.47. The third-order valence-corrected chi connectivity index (χ3v) is 3.72. The van der Waals surface area contributed by atoms with Crippen molar-refractivity contribution in [1.29, 1.82) is 0 Å². The maximum Gasteiger partial charge on any atom is 0.469 e. The summed E-state index contributed by atoms with van der Waals surface area (Å²) in [6.45, 7) is -0.619. The first-order valence-electron chi connectivity index (χ1n) is 6.29. The predicted molar refractivity (Wildman–Crippen MR) is 70.0 cm³/mol. The van der Waals surface area contributed by atoms with Gasteiger partial charge in [0.1, 0.15) is 18.3 Å². The molecule has 5 N–H and O–H groups in total. The topological polar surface area (TPSA) is 157 Å². The lowest BCUT2D eigenvalue weighted by Crippen LogP contribution is -2.40. The SMILES string of the molecule is O=C(O)C1=CN([C@@H]2O[C@H](COP(=O)(O)O)[C@@H](O)[C@H]2O)C=CC1. The molecule has 0 amide bonds. The highest BCUT2D eigenvalue weighted by Gasteiger charge is 2.45. The molecular weight excluding hydrogens is 321 g/mol. The summed E-state index contributed by atoms with van der Waals surface area (Å²) >= 11 is 0. The van der Waals surface area contributed by atoms with E-state index in [2.05, 4.69) is 4.52 Å². The molecule has 1 saturated heterocycles. The van der Waals surface area contributed by atoms with Crippen LogP contribution in [0, 0.1) is 0 Å². The summed E-state index contributed by atoms with van der Waals surface area (Å²) in [5.41, 5.74) is 0.0720. The Hall–Kier alpha value is -1.26. The molecule has 2 rings (SSSR count). The highest BCUT2D eigenvalue weighted by Crippen LogP contribution is 2.37. The number of aliphatic carboxylic acids is 1. The summed E-state index contributed by atoms with van der Waals surface area (Å²) in [5, 5.41) is 28.7. The van der Waals surface area contributed by atoms with Gasteiger partial charge >= 0.3 is 13.8 Å². The van der Waals surface area contributed by atoms with Crippen LogP contribution >= 0.6 is 7.82 Å². The smallest absolute Gasteiger partial charge is 0.469 e. The van der Waals surface area contributed by atoms with Gasteiger partial charge in [0.15, 0.2) is 6.23 Å². The van der Waals surface area contributed by atoms with E-state index in [0.29, 0.717) is 0 Å². The number of carboxylic acid groups (broad SMARTS) is 1. The fraction of sp³-hybridized carbons (Fsp3) is 0.545. The Balaban J connectivity index is 2.06. The number of aliphatic hydroxyl groups excluding tert-OH is 2. The van der Waals surface area contributed by atoms with Gasteiger partial charge < -0.3 is 34.7 Å². The third-order valence-electron chi connectivity index (χ3n) is 3.23. The van der Waals surface area contributed by atoms with E-state index >= 15 is 0 Å². The summed E-state index contributed by atoms with van der Waals surface area (Å²) in [5.74, 6) is -1.12. The number of hydrogen-bond donors (Lipinski definition) is 5. The summed E-state index contributed by atoms with van der Waals surface area (Å²) in [4.78, 5) is 29.5. The second-order valence-electron chi connectivity index (χ2n) is 4.83. The molecule has 124 valence electrons. The molecule has 10 nitrogen and oxygen atoms in total. The Labute approximate surface area is 125 Å². The van der Waals surface area contributed by atoms with Crippen molar-refractivity contribution < 1.29 is 43.7 Å². The van der Waals surface area contributed by atoms with E-state index in [4.69, 9.17) is 19.6 Å². The summed E-state index contributed by atoms with van der Waals surface area (Å²) in [6.07, 6.45) is -0.592. The number of ether oxygens (including phenoxy) is 1. The predicted octanol–water partition coefficient (Wildman–Crippen LogP) is -1.27. The molecule has 0 saturated carbocycles. The minimum Gasteiger partial charge on any atom is -0.478 e. The van der Waals surface area contributed by atoms with Crippen molar-refractivity contribution in [1.82, 2.24) is 4.90 Å². The highest BCUT2D eigenvalue weighted by atomic mass is 31.2. The van der Waals surface area contributed by atoms with Crippen LogP contribution < -0.4 is 0 Å². The van der Waals surface area contributed by atoms with Crippen LogP contribution in [0.5, 0.6) is 0 Å². The highest BCUT2D eigenvalue weighted by molar-refractivity contribution is 7.46. The first-order valence-corrected chi connectivity index (χ1v) is 7.82. The molecule has 0 aromatic heterocycles. The molecule has 4 atom stereocenters. The van der Waals surface area contributed by atoms with E-state index in [1.165, 1.54) is 17.3 Å². The first kappa shape index (κ1) is 17.1. The molecule has 0 aromatic rings. The molecule has 22 heavy (non-hydrogen) atoms. The van der Waals surface area contributed by atoms with Gasteiger partial charge in [0.2, 0.25) is 0 Å². The van der Waals surface area contributed by atoms with Crippen molar-refractivity contribution >= 4 is 13.8 Å². The van der Waals surface area contributed by atoms with E-state index < -0.39 is 44.9 Å². The average Bonchev–Trinajstić information content (AvgIpc) is 2.72. The fourth-order valence-corrected chi connectivity index (χ4v) is 2.50. The number of rotatable bonds is 5. The number of phosphoric ester groups is 1. The lowest BCUT2D eigenvalue weighted by Gasteiger charge is -2.28. The van der Waals surface area contributed by atoms with Gasteiger partial charge in [0.05, 0.1) is 12.2 Å². The number of nitrogens with zero attached hydrogens (tertiary/aromatic N) is 1. The van der Waals surface area contributed by atoms with Crippen molar-refractivity contribution in [3.8, 4) is 0 Å². The largest absolute Gasteiger partial charge is 0.478 e. The Morgan fingerprint density at radius 1 is 1.41 bits per heavy atom. The van der Waals surface area contributed by atoms with E-state index in [-0.39, 0.29) is 12.0 Å². The van der Waals surface area contributed by atoms with Gasteiger partial charge in [0, 0.05) is 18.8 Å². The van der Waals surface area contributed by atoms with Crippen molar-refractivity contribution in [2.24, 2.45) is 0 Å². The number of hydrogen-bond acceptors (Lipinski definition) is 7. The number of aliphatic hydroxyl groups is 2. The Kier molecular flexibility index (Phi) is 5.03. The van der Waals surface area contributed by atoms with Gasteiger partial charge in [0.25, 0.3) is 0 Å². The quantitative estimate of drug-likeness (QED) is 0.383. The molecule has 2 aliphatic rings. The van der Waals surface area contributed by atoms with E-state index in [0.717, 1.165) is 0 Å². The lowest BCUT2D eigenvalue weighted by molar-refractivity contribution is -0.133. The Morgan fingerprint density at radius 2 is 2.09 bits per heavy atom. The Bertz CT molecular complexity index is 542. The second-order valence-corrected chi connectivity index (χ2v) is 6.07. The van der Waals surface area contributed by atoms with Crippen LogP contribution in [-0.2, 0) is 18.6 Å². The molecule has 0 aromatic carbocycles. The van der Waals surface area contributed by atoms with Crippen molar-refractivity contribution in [3.05, 3.63) is 24.0 Å². The number of allylic oxidation sites excluding steroid dienone is 1. The molecule has 11 heteroatoms. The van der Waals surface area contributed by atoms with E-state index in [9.17, 15) is 19.6 Å². The molecule has 2 heterocycles. The maximum absolute atomic E-state index is 10.9. The van der Waals surface area contributed by atoms with Crippen LogP contribution in [0.3, 0.4) is 0 Å². The summed E-state index contributed by atoms with van der Waals surface area (Å²) in [7, 11) is -4.73. The number of carboxylic acids is 1. The number of phosphoric acid groups is 1. The monoisotopic (exact) mass is 337 g/mol. The zero-order chi connectivity index (χ0) is 16.5. The van der Waals surface area contributed by atoms with Crippen LogP contribution in [0.1, 0.15) is 6.42 Å². The molecule has 1 fully saturated rings. The molecule has 0 unspecified atom stereocenters. The summed E-state index contributed by atoms with van der Waals surface area (Å²) < 4.78 is 20.2. The lowest BCUT2D eigenvalue weighted by atomic mass is 10.1. The van der Waals surface area contributed by atoms with E-state index in [1.54, 1.807) is 6.08 Å². The molecular formula is C11H16NO9P. The normalized spacial score (nSPS) is 32.2. The minimum atomic E-state index is -4.73. The maximum atomic E-state index is 10.9. The standard InChI is InChI=1S/C11H16NO9P/c13-8-7(5-20-22(17,18)19)21-10(9(8)14)12-3-1-2-6(4-12)11(15)16/h1,3-4,7-10,13-14H,2,5H2,(H,15,16)(H2,17,18,19)/t7-,8-,9-,10-/m1/s1. The molecule has 0 radical (unpaired) electrons. The van der Waals surface area contributed by atoms with Crippen LogP contribution in [0.15, 0.2) is 24.0 Å². The molecule has 0 spiro atoms. The van der Waals surface area contributed by atoms with Crippen molar-refractivity contribution in [2.75, 3.05) is 6.61 Å². The molecule has 0 aliphatic carbocycles. The van der Waals surface area contributed by atoms with Gasteiger partial charge in [-0.2, -0.15) is 0 Å². The summed E-state index contributed by atoms with van der Waals surface area (Å²) in [6, 6.07) is 0. The van der Waals surface area contributed by atoms with Crippen molar-refractivity contribution in [3.63, 3.8) is 0 Å². The van der Waals surface area contributed by atoms with Gasteiger partial charge in [-0.1, -0.05) is 6.08 Å². The van der Waals surface area contributed by atoms with Crippen LogP contribution in [0.2, 0.25) is 0 Å². The van der Waals surface area contributed by atoms with Crippen molar-refractivity contribution in [2.45, 2.75) is 31.0 Å². The van der Waals surface area contributed by atoms with Gasteiger partial charge in [-0.3, -0.25) is 4.52 Å². The van der Waals surface area contributed by atoms with Gasteiger partial charge in [-0.15, -0.1) is 0 Å². The van der Waals surface area contributed by atoms with E-state index in [1.807, 2.05) is 0 Å². The van der Waals surface area contributed by atoms with Gasteiger partial charge in [-0.05, 0) is 0 Å². The first-order chi connectivity index (χ1) is 10.2. The molecule has 0 bridgehead atoms. The fourth-order valence-electron chi connectivity index (χ4n) is 2.16. The molecule has 2 aliphatic heterocycles. The minimum absolute atomic E-state index is 0.0720. The third kappa shape index (κ3) is 3.93. The zero-order valence-electron chi connectivity index (χ0n) is 11.2. The number of carbonyl (C=O) groups is 1. The average molecular weight is 337 g/mol. The Morgan fingerprint density at radius 3 is 2.68 bits per heavy atom. The zero-order valence-corrected chi connectivity index (χ0v) is 12.1. The van der Waals surface area contributed by atoms with Crippen LogP contribution in [0.25, 0.3) is 0 Å². The van der Waals surface area contributed by atoms with Crippen LogP contribution in [-0.4, -0.2) is 67.1 Å². The van der Waals surface area contributed by atoms with Gasteiger partial charge in [-0.25, -0.2) is 9.36 Å². The van der Waals surface area contributed by atoms with Crippen LogP contribution in [0.4, 0.5) is 0 Å².